The number of sulfonamides is 1. The van der Waals surface area contributed by atoms with E-state index in [1.54, 1.807) is 13.2 Å². The van der Waals surface area contributed by atoms with Crippen LogP contribution in [-0.4, -0.2) is 57.2 Å². The summed E-state index contributed by atoms with van der Waals surface area (Å²) in [5, 5.41) is 0.676. The van der Waals surface area contributed by atoms with Crippen molar-refractivity contribution in [2.45, 2.75) is 6.54 Å². The maximum absolute atomic E-state index is 11.5. The summed E-state index contributed by atoms with van der Waals surface area (Å²) in [6.07, 6.45) is 1.25. The van der Waals surface area contributed by atoms with Gasteiger partial charge in [-0.15, -0.1) is 0 Å². The number of halogens is 1. The van der Waals surface area contributed by atoms with E-state index in [-0.39, 0.29) is 0 Å². The van der Waals surface area contributed by atoms with Crippen molar-refractivity contribution in [1.82, 2.24) is 9.21 Å². The Bertz CT molecular complexity index is 569. The third-order valence-corrected chi connectivity index (χ3v) is 4.97. The first-order valence-electron chi connectivity index (χ1n) is 6.40. The second-order valence-corrected chi connectivity index (χ2v) is 7.31. The van der Waals surface area contributed by atoms with Crippen molar-refractivity contribution in [3.8, 4) is 5.75 Å². The smallest absolute Gasteiger partial charge is 0.211 e. The van der Waals surface area contributed by atoms with Gasteiger partial charge in [0, 0.05) is 43.3 Å². The molecule has 0 spiro atoms. The molecule has 1 aromatic carbocycles. The van der Waals surface area contributed by atoms with E-state index in [1.807, 2.05) is 12.1 Å². The number of nitrogens with zero attached hydrogens (tertiary/aromatic N) is 2. The van der Waals surface area contributed by atoms with Crippen LogP contribution in [0.2, 0.25) is 5.02 Å². The molecule has 2 rings (SSSR count). The molecule has 112 valence electrons. The number of rotatable bonds is 4. The third kappa shape index (κ3) is 3.85. The topological polar surface area (TPSA) is 49.9 Å². The maximum Gasteiger partial charge on any atom is 0.211 e. The van der Waals surface area contributed by atoms with E-state index in [4.69, 9.17) is 16.3 Å². The zero-order valence-corrected chi connectivity index (χ0v) is 13.2. The zero-order valence-electron chi connectivity index (χ0n) is 11.7. The highest BCUT2D eigenvalue weighted by Crippen LogP contribution is 2.24. The van der Waals surface area contributed by atoms with Gasteiger partial charge in [-0.2, -0.15) is 4.31 Å². The number of piperazine rings is 1. The van der Waals surface area contributed by atoms with Crippen LogP contribution in [0, 0.1) is 0 Å². The number of benzene rings is 1. The highest BCUT2D eigenvalue weighted by atomic mass is 35.5. The molecule has 1 saturated heterocycles. The van der Waals surface area contributed by atoms with Gasteiger partial charge >= 0.3 is 0 Å². The van der Waals surface area contributed by atoms with Crippen LogP contribution in [0.25, 0.3) is 0 Å². The summed E-state index contributed by atoms with van der Waals surface area (Å²) in [6.45, 7) is 3.19. The normalized spacial score (nSPS) is 18.1. The van der Waals surface area contributed by atoms with Crippen LogP contribution in [0.15, 0.2) is 18.2 Å². The average molecular weight is 319 g/mol. The molecular weight excluding hydrogens is 300 g/mol. The molecule has 1 aromatic rings. The minimum atomic E-state index is -3.08. The Labute approximate surface area is 125 Å². The van der Waals surface area contributed by atoms with E-state index in [9.17, 15) is 8.42 Å². The van der Waals surface area contributed by atoms with Crippen LogP contribution in [0.1, 0.15) is 5.56 Å². The summed E-state index contributed by atoms with van der Waals surface area (Å²) in [4.78, 5) is 2.20. The fraction of sp³-hybridized carbons (Fsp3) is 0.538. The number of hydrogen-bond donors (Lipinski definition) is 0. The molecule has 0 saturated carbocycles. The van der Waals surface area contributed by atoms with Gasteiger partial charge in [0.2, 0.25) is 10.0 Å². The number of methoxy groups -OCH3 is 1. The van der Waals surface area contributed by atoms with Crippen molar-refractivity contribution in [1.29, 1.82) is 0 Å². The van der Waals surface area contributed by atoms with Gasteiger partial charge in [-0.1, -0.05) is 11.6 Å². The van der Waals surface area contributed by atoms with Gasteiger partial charge < -0.3 is 4.74 Å². The fourth-order valence-corrected chi connectivity index (χ4v) is 3.35. The lowest BCUT2D eigenvalue weighted by Gasteiger charge is -2.33. The number of hydrogen-bond acceptors (Lipinski definition) is 4. The molecule has 5 nitrogen and oxygen atoms in total. The van der Waals surface area contributed by atoms with E-state index >= 15 is 0 Å². The first-order valence-corrected chi connectivity index (χ1v) is 8.62. The van der Waals surface area contributed by atoms with Gasteiger partial charge in [0.1, 0.15) is 5.75 Å². The molecule has 7 heteroatoms. The summed E-state index contributed by atoms with van der Waals surface area (Å²) in [5.74, 6) is 0.806. The van der Waals surface area contributed by atoms with E-state index < -0.39 is 10.0 Å². The molecule has 0 amide bonds. The van der Waals surface area contributed by atoms with Crippen LogP contribution in [0.3, 0.4) is 0 Å². The van der Waals surface area contributed by atoms with Crippen molar-refractivity contribution < 1.29 is 13.2 Å². The first kappa shape index (κ1) is 15.6. The van der Waals surface area contributed by atoms with Gasteiger partial charge in [0.25, 0.3) is 0 Å². The third-order valence-electron chi connectivity index (χ3n) is 3.44. The maximum atomic E-state index is 11.5. The van der Waals surface area contributed by atoms with Crippen LogP contribution >= 0.6 is 11.6 Å². The van der Waals surface area contributed by atoms with Crippen molar-refractivity contribution in [2.24, 2.45) is 0 Å². The summed E-state index contributed by atoms with van der Waals surface area (Å²) in [5.41, 5.74) is 1.02. The van der Waals surface area contributed by atoms with Gasteiger partial charge in [-0.05, 0) is 18.2 Å². The van der Waals surface area contributed by atoms with Gasteiger partial charge in [-0.3, -0.25) is 4.90 Å². The van der Waals surface area contributed by atoms with E-state index in [2.05, 4.69) is 4.90 Å². The van der Waals surface area contributed by atoms with Gasteiger partial charge in [0.05, 0.1) is 13.4 Å². The molecule has 1 aliphatic heterocycles. The van der Waals surface area contributed by atoms with Crippen LogP contribution in [-0.2, 0) is 16.6 Å². The second-order valence-electron chi connectivity index (χ2n) is 4.89. The molecule has 0 atom stereocenters. The van der Waals surface area contributed by atoms with Gasteiger partial charge in [-0.25, -0.2) is 8.42 Å². The molecular formula is C13H19ClN2O3S. The Morgan fingerprint density at radius 3 is 2.45 bits per heavy atom. The highest BCUT2D eigenvalue weighted by Gasteiger charge is 2.23. The monoisotopic (exact) mass is 318 g/mol. The van der Waals surface area contributed by atoms with Gasteiger partial charge in [0.15, 0.2) is 0 Å². The Morgan fingerprint density at radius 2 is 1.90 bits per heavy atom. The lowest BCUT2D eigenvalue weighted by Crippen LogP contribution is -2.47. The molecule has 0 aromatic heterocycles. The van der Waals surface area contributed by atoms with Crippen LogP contribution in [0.4, 0.5) is 0 Å². The average Bonchev–Trinajstić information content (AvgIpc) is 2.38. The molecule has 20 heavy (non-hydrogen) atoms. The Morgan fingerprint density at radius 1 is 1.25 bits per heavy atom. The molecule has 0 aliphatic carbocycles. The molecule has 1 aliphatic rings. The van der Waals surface area contributed by atoms with Crippen molar-refractivity contribution in [2.75, 3.05) is 39.5 Å². The molecule has 0 bridgehead atoms. The van der Waals surface area contributed by atoms with Crippen LogP contribution < -0.4 is 4.74 Å². The fourth-order valence-electron chi connectivity index (χ4n) is 2.33. The SMILES string of the molecule is COc1ccc(Cl)cc1CN1CCN(S(C)(=O)=O)CC1. The molecule has 0 unspecified atom stereocenters. The van der Waals surface area contributed by atoms with Crippen molar-refractivity contribution in [3.63, 3.8) is 0 Å². The molecule has 0 N–H and O–H groups in total. The predicted molar refractivity (Wildman–Crippen MR) is 79.7 cm³/mol. The minimum absolute atomic E-state index is 0.529. The standard InChI is InChI=1S/C13H19ClN2O3S/c1-19-13-4-3-12(14)9-11(13)10-15-5-7-16(8-6-15)20(2,17)18/h3-4,9H,5-8,10H2,1-2H3. The lowest BCUT2D eigenvalue weighted by atomic mass is 10.1. The highest BCUT2D eigenvalue weighted by molar-refractivity contribution is 7.88. The van der Waals surface area contributed by atoms with E-state index in [1.165, 1.54) is 10.6 Å². The number of ether oxygens (including phenoxy) is 1. The molecule has 1 heterocycles. The van der Waals surface area contributed by atoms with Crippen LogP contribution in [0.5, 0.6) is 5.75 Å². The summed E-state index contributed by atoms with van der Waals surface area (Å²) in [6, 6.07) is 5.54. The largest absolute Gasteiger partial charge is 0.496 e. The minimum Gasteiger partial charge on any atom is -0.496 e. The first-order chi connectivity index (χ1) is 9.40. The Balaban J connectivity index is 2.01. The summed E-state index contributed by atoms with van der Waals surface area (Å²) < 4.78 is 29.8. The Hall–Kier alpha value is -0.820. The van der Waals surface area contributed by atoms with Crippen molar-refractivity contribution >= 4 is 21.6 Å². The predicted octanol–water partition coefficient (Wildman–Crippen LogP) is 1.43. The quantitative estimate of drug-likeness (QED) is 0.842. The summed E-state index contributed by atoms with van der Waals surface area (Å²) >= 11 is 6.01. The van der Waals surface area contributed by atoms with E-state index in [0.29, 0.717) is 37.7 Å². The zero-order chi connectivity index (χ0) is 14.8. The molecule has 0 radical (unpaired) electrons. The lowest BCUT2D eigenvalue weighted by molar-refractivity contribution is 0.180. The second kappa shape index (κ2) is 6.30. The Kier molecular flexibility index (Phi) is 4.90. The van der Waals surface area contributed by atoms with E-state index in [0.717, 1.165) is 11.3 Å². The summed E-state index contributed by atoms with van der Waals surface area (Å²) in [7, 11) is -1.45. The molecule has 1 fully saturated rings. The van der Waals surface area contributed by atoms with Crippen molar-refractivity contribution in [3.05, 3.63) is 28.8 Å².